The molecule has 0 radical (unpaired) electrons. The molecule has 6 nitrogen and oxygen atoms in total. The van der Waals surface area contributed by atoms with E-state index in [1.807, 2.05) is 13.8 Å². The van der Waals surface area contributed by atoms with Crippen LogP contribution in [-0.2, 0) is 4.74 Å². The highest BCUT2D eigenvalue weighted by molar-refractivity contribution is 5.80. The van der Waals surface area contributed by atoms with Crippen LogP contribution in [0.4, 0.5) is 0 Å². The fraction of sp³-hybridized carbons (Fsp3) is 0.941. The number of guanidine groups is 1. The molecule has 1 atom stereocenters. The fourth-order valence-corrected chi connectivity index (χ4v) is 3.30. The van der Waals surface area contributed by atoms with Crippen LogP contribution in [0.25, 0.3) is 0 Å². The maximum Gasteiger partial charge on any atom is 0.194 e. The lowest BCUT2D eigenvalue weighted by atomic mass is 9.98. The molecule has 1 unspecified atom stereocenters. The first-order valence-electron chi connectivity index (χ1n) is 9.19. The monoisotopic (exact) mass is 326 g/mol. The number of ether oxygens (including phenoxy) is 1. The predicted octanol–water partition coefficient (Wildman–Crippen LogP) is 0.910. The zero-order valence-electron chi connectivity index (χ0n) is 15.1. The summed E-state index contributed by atoms with van der Waals surface area (Å²) in [7, 11) is 0. The summed E-state index contributed by atoms with van der Waals surface area (Å²) >= 11 is 0. The number of hydrogen-bond acceptors (Lipinski definition) is 4. The highest BCUT2D eigenvalue weighted by Crippen LogP contribution is 2.18. The van der Waals surface area contributed by atoms with Crippen LogP contribution in [0.3, 0.4) is 0 Å². The van der Waals surface area contributed by atoms with Gasteiger partial charge in [-0.1, -0.05) is 13.8 Å². The molecule has 2 fully saturated rings. The van der Waals surface area contributed by atoms with Crippen LogP contribution in [0.1, 0.15) is 40.0 Å². The van der Waals surface area contributed by atoms with E-state index in [1.54, 1.807) is 0 Å². The molecule has 6 heteroatoms. The molecular formula is C17H34N4O2. The molecule has 2 saturated heterocycles. The van der Waals surface area contributed by atoms with Gasteiger partial charge in [-0.25, -0.2) is 0 Å². The Hall–Kier alpha value is -0.850. The first-order chi connectivity index (χ1) is 11.1. The van der Waals surface area contributed by atoms with E-state index in [9.17, 15) is 5.11 Å². The van der Waals surface area contributed by atoms with Gasteiger partial charge in [0, 0.05) is 38.8 Å². The van der Waals surface area contributed by atoms with Gasteiger partial charge in [0.25, 0.3) is 0 Å². The zero-order chi connectivity index (χ0) is 16.7. The number of morpholine rings is 1. The number of nitrogens with one attached hydrogen (secondary N) is 1. The summed E-state index contributed by atoms with van der Waals surface area (Å²) in [5.74, 6) is 0.948. The Morgan fingerprint density at radius 2 is 1.91 bits per heavy atom. The average molecular weight is 326 g/mol. The number of likely N-dealkylation sites (tertiary alicyclic amines) is 1. The standard InChI is InChI=1S/C17H34N4O2/c1-4-17(22,5-2)14-19-16(18-6-3)21-8-7-15(13-21)20-9-11-23-12-10-20/h15,22H,4-14H2,1-3H3,(H,18,19). The van der Waals surface area contributed by atoms with E-state index < -0.39 is 5.60 Å². The molecule has 2 aliphatic heterocycles. The van der Waals surface area contributed by atoms with Crippen molar-refractivity contribution in [3.8, 4) is 0 Å². The molecule has 0 aromatic carbocycles. The van der Waals surface area contributed by atoms with Crippen LogP contribution in [0.5, 0.6) is 0 Å². The van der Waals surface area contributed by atoms with Gasteiger partial charge in [0.15, 0.2) is 5.96 Å². The summed E-state index contributed by atoms with van der Waals surface area (Å²) in [6.07, 6.45) is 2.65. The normalized spacial score (nSPS) is 24.3. The minimum Gasteiger partial charge on any atom is -0.388 e. The second-order valence-electron chi connectivity index (χ2n) is 6.64. The predicted molar refractivity (Wildman–Crippen MR) is 93.9 cm³/mol. The Morgan fingerprint density at radius 1 is 1.22 bits per heavy atom. The number of hydrogen-bond donors (Lipinski definition) is 2. The number of aliphatic hydroxyl groups is 1. The fourth-order valence-electron chi connectivity index (χ4n) is 3.30. The van der Waals surface area contributed by atoms with Gasteiger partial charge < -0.3 is 20.1 Å². The third kappa shape index (κ3) is 5.06. The van der Waals surface area contributed by atoms with Crippen molar-refractivity contribution in [1.29, 1.82) is 0 Å². The highest BCUT2D eigenvalue weighted by atomic mass is 16.5. The van der Waals surface area contributed by atoms with E-state index in [0.717, 1.165) is 64.7 Å². The molecule has 0 saturated carbocycles. The van der Waals surface area contributed by atoms with Gasteiger partial charge >= 0.3 is 0 Å². The van der Waals surface area contributed by atoms with Gasteiger partial charge in [-0.3, -0.25) is 9.89 Å². The first kappa shape index (κ1) is 18.5. The number of nitrogens with zero attached hydrogens (tertiary/aromatic N) is 3. The van der Waals surface area contributed by atoms with E-state index in [-0.39, 0.29) is 0 Å². The zero-order valence-corrected chi connectivity index (χ0v) is 15.1. The van der Waals surface area contributed by atoms with Gasteiger partial charge in [-0.2, -0.15) is 0 Å². The molecule has 134 valence electrons. The maximum atomic E-state index is 10.5. The van der Waals surface area contributed by atoms with Crippen LogP contribution in [-0.4, -0.2) is 85.0 Å². The van der Waals surface area contributed by atoms with E-state index in [1.165, 1.54) is 6.42 Å². The largest absolute Gasteiger partial charge is 0.388 e. The Balaban J connectivity index is 1.95. The molecule has 0 bridgehead atoms. The van der Waals surface area contributed by atoms with E-state index in [4.69, 9.17) is 9.73 Å². The average Bonchev–Trinajstić information content (AvgIpc) is 3.09. The third-order valence-corrected chi connectivity index (χ3v) is 5.20. The molecule has 0 aromatic rings. The molecule has 2 N–H and O–H groups in total. The smallest absolute Gasteiger partial charge is 0.194 e. The van der Waals surface area contributed by atoms with Crippen LogP contribution >= 0.6 is 0 Å². The molecule has 0 amide bonds. The van der Waals surface area contributed by atoms with Crippen molar-refractivity contribution in [3.63, 3.8) is 0 Å². The lowest BCUT2D eigenvalue weighted by molar-refractivity contribution is 0.0194. The van der Waals surface area contributed by atoms with Crippen molar-refractivity contribution in [1.82, 2.24) is 15.1 Å². The van der Waals surface area contributed by atoms with Crippen molar-refractivity contribution in [2.45, 2.75) is 51.7 Å². The Kier molecular flexibility index (Phi) is 7.11. The van der Waals surface area contributed by atoms with Gasteiger partial charge in [-0.05, 0) is 26.2 Å². The summed E-state index contributed by atoms with van der Waals surface area (Å²) in [6.45, 7) is 13.3. The molecular weight excluding hydrogens is 292 g/mol. The van der Waals surface area contributed by atoms with Crippen LogP contribution in [0.2, 0.25) is 0 Å². The van der Waals surface area contributed by atoms with Gasteiger partial charge in [0.2, 0.25) is 0 Å². The summed E-state index contributed by atoms with van der Waals surface area (Å²) in [5.41, 5.74) is -0.677. The number of rotatable bonds is 6. The molecule has 23 heavy (non-hydrogen) atoms. The van der Waals surface area contributed by atoms with E-state index in [0.29, 0.717) is 12.6 Å². The van der Waals surface area contributed by atoms with E-state index in [2.05, 4.69) is 22.0 Å². The lowest BCUT2D eigenvalue weighted by Crippen LogP contribution is -2.47. The lowest BCUT2D eigenvalue weighted by Gasteiger charge is -2.32. The van der Waals surface area contributed by atoms with Crippen molar-refractivity contribution in [2.24, 2.45) is 4.99 Å². The molecule has 0 spiro atoms. The minimum absolute atomic E-state index is 0.473. The van der Waals surface area contributed by atoms with Crippen LogP contribution in [0, 0.1) is 0 Å². The summed E-state index contributed by atoms with van der Waals surface area (Å²) < 4.78 is 5.45. The SMILES string of the molecule is CCNC(=NCC(O)(CC)CC)N1CCC(N2CCOCC2)C1. The highest BCUT2D eigenvalue weighted by Gasteiger charge is 2.30. The van der Waals surface area contributed by atoms with Crippen molar-refractivity contribution < 1.29 is 9.84 Å². The molecule has 2 heterocycles. The summed E-state index contributed by atoms with van der Waals surface area (Å²) in [4.78, 5) is 9.61. The van der Waals surface area contributed by atoms with Gasteiger partial charge in [0.05, 0.1) is 25.4 Å². The van der Waals surface area contributed by atoms with Gasteiger partial charge in [0.1, 0.15) is 0 Å². The molecule has 2 aliphatic rings. The molecule has 0 aromatic heterocycles. The quantitative estimate of drug-likeness (QED) is 0.561. The topological polar surface area (TPSA) is 60.3 Å². The van der Waals surface area contributed by atoms with Crippen LogP contribution < -0.4 is 5.32 Å². The maximum absolute atomic E-state index is 10.5. The second-order valence-corrected chi connectivity index (χ2v) is 6.64. The molecule has 0 aliphatic carbocycles. The second kappa shape index (κ2) is 8.85. The molecule has 2 rings (SSSR count). The Bertz CT molecular complexity index is 379. The van der Waals surface area contributed by atoms with Crippen LogP contribution in [0.15, 0.2) is 4.99 Å². The van der Waals surface area contributed by atoms with Crippen molar-refractivity contribution in [2.75, 3.05) is 52.5 Å². The number of aliphatic imine (C=N–C) groups is 1. The minimum atomic E-state index is -0.677. The Labute approximate surface area is 140 Å². The third-order valence-electron chi connectivity index (χ3n) is 5.20. The van der Waals surface area contributed by atoms with E-state index >= 15 is 0 Å². The van der Waals surface area contributed by atoms with Crippen molar-refractivity contribution >= 4 is 5.96 Å². The van der Waals surface area contributed by atoms with Crippen molar-refractivity contribution in [3.05, 3.63) is 0 Å². The summed E-state index contributed by atoms with van der Waals surface area (Å²) in [5, 5.41) is 13.9. The first-order valence-corrected chi connectivity index (χ1v) is 9.19. The van der Waals surface area contributed by atoms with Gasteiger partial charge in [-0.15, -0.1) is 0 Å². The Morgan fingerprint density at radius 3 is 2.52 bits per heavy atom. The summed E-state index contributed by atoms with van der Waals surface area (Å²) in [6, 6.07) is 0.596.